The van der Waals surface area contributed by atoms with Gasteiger partial charge in [-0.05, 0) is 43.7 Å². The fraction of sp³-hybridized carbons (Fsp3) is 0.545. The molecule has 0 aliphatic carbocycles. The zero-order valence-corrected chi connectivity index (χ0v) is 17.5. The lowest BCUT2D eigenvalue weighted by Gasteiger charge is -2.41. The van der Waals surface area contributed by atoms with Crippen molar-refractivity contribution in [2.24, 2.45) is 0 Å². The highest BCUT2D eigenvalue weighted by atomic mass is 32.1. The van der Waals surface area contributed by atoms with Gasteiger partial charge in [0.15, 0.2) is 0 Å². The van der Waals surface area contributed by atoms with Crippen LogP contribution < -0.4 is 4.74 Å². The number of carbonyl (C=O) groups is 1. The first kappa shape index (κ1) is 20.3. The summed E-state index contributed by atoms with van der Waals surface area (Å²) in [6.07, 6.45) is 6.98. The Morgan fingerprint density at radius 1 is 1.14 bits per heavy atom. The summed E-state index contributed by atoms with van der Waals surface area (Å²) < 4.78 is 19.7. The van der Waals surface area contributed by atoms with Crippen LogP contribution in [0.1, 0.15) is 37.7 Å². The summed E-state index contributed by atoms with van der Waals surface area (Å²) in [5.74, 6) is -0.0801. The van der Waals surface area contributed by atoms with Crippen molar-refractivity contribution in [1.29, 1.82) is 0 Å². The number of aryl methyl sites for hydroxylation is 1. The number of thiazole rings is 1. The molecule has 0 unspecified atom stereocenters. The molecule has 2 aromatic rings. The van der Waals surface area contributed by atoms with Crippen LogP contribution in [0, 0.1) is 5.82 Å². The number of rotatable bonds is 6. The zero-order chi connectivity index (χ0) is 20.1. The van der Waals surface area contributed by atoms with E-state index in [-0.39, 0.29) is 17.8 Å². The molecular formula is C22H28FN3O2S. The van der Waals surface area contributed by atoms with Crippen LogP contribution in [0.3, 0.4) is 0 Å². The highest BCUT2D eigenvalue weighted by molar-refractivity contribution is 7.11. The summed E-state index contributed by atoms with van der Waals surface area (Å²) in [5, 5.41) is 2.71. The minimum absolute atomic E-state index is 0.141. The molecule has 1 amide bonds. The third-order valence-electron chi connectivity index (χ3n) is 6.05. The molecule has 0 saturated carbocycles. The van der Waals surface area contributed by atoms with Crippen molar-refractivity contribution < 1.29 is 13.9 Å². The maximum absolute atomic E-state index is 13.7. The molecule has 2 fully saturated rings. The van der Waals surface area contributed by atoms with Gasteiger partial charge in [0, 0.05) is 50.2 Å². The third-order valence-corrected chi connectivity index (χ3v) is 6.71. The van der Waals surface area contributed by atoms with Crippen molar-refractivity contribution >= 4 is 17.2 Å². The molecule has 5 nitrogen and oxygen atoms in total. The molecule has 2 aliphatic heterocycles. The average Bonchev–Trinajstić information content (AvgIpc) is 3.27. The summed E-state index contributed by atoms with van der Waals surface area (Å²) in [6, 6.07) is 7.26. The molecular weight excluding hydrogens is 389 g/mol. The van der Waals surface area contributed by atoms with Gasteiger partial charge in [-0.25, -0.2) is 9.37 Å². The molecule has 0 atom stereocenters. The number of nitrogens with zero attached hydrogens (tertiary/aromatic N) is 3. The van der Waals surface area contributed by atoms with E-state index in [9.17, 15) is 9.18 Å². The minimum Gasteiger partial charge on any atom is -0.467 e. The van der Waals surface area contributed by atoms with Crippen LogP contribution in [-0.4, -0.2) is 59.0 Å². The van der Waals surface area contributed by atoms with Gasteiger partial charge >= 0.3 is 0 Å². The van der Waals surface area contributed by atoms with Crippen LogP contribution in [-0.2, 0) is 11.2 Å². The van der Waals surface area contributed by atoms with E-state index in [2.05, 4.69) is 9.88 Å². The summed E-state index contributed by atoms with van der Waals surface area (Å²) in [6.45, 7) is 3.69. The maximum Gasteiger partial charge on any atom is 0.273 e. The molecule has 4 rings (SSSR count). The van der Waals surface area contributed by atoms with Crippen molar-refractivity contribution in [3.05, 3.63) is 47.2 Å². The van der Waals surface area contributed by atoms with Crippen LogP contribution in [0.25, 0.3) is 0 Å². The molecule has 0 N–H and O–H groups in total. The monoisotopic (exact) mass is 417 g/mol. The molecule has 2 aliphatic rings. The first-order valence-electron chi connectivity index (χ1n) is 10.5. The molecule has 3 heterocycles. The van der Waals surface area contributed by atoms with Gasteiger partial charge in [0.25, 0.3) is 5.19 Å². The van der Waals surface area contributed by atoms with E-state index in [4.69, 9.17) is 4.74 Å². The quantitative estimate of drug-likeness (QED) is 0.718. The molecule has 1 aromatic carbocycles. The van der Waals surface area contributed by atoms with Gasteiger partial charge in [0.1, 0.15) is 11.9 Å². The lowest BCUT2D eigenvalue weighted by molar-refractivity contribution is -0.132. The standard InChI is InChI=1S/C22H28FN3O2S/c23-20-4-2-1-3-17(20)5-6-21(27)26-12-7-18(8-13-26)25-14-9-19(10-15-25)28-22-24-11-16-29-22/h1-4,11,16,18-19H,5-10,12-15H2. The van der Waals surface area contributed by atoms with Crippen molar-refractivity contribution in [2.45, 2.75) is 50.7 Å². The Kier molecular flexibility index (Phi) is 6.77. The number of benzene rings is 1. The number of piperidine rings is 2. The molecule has 156 valence electrons. The summed E-state index contributed by atoms with van der Waals surface area (Å²) in [7, 11) is 0. The normalized spacial score (nSPS) is 19.4. The van der Waals surface area contributed by atoms with Crippen molar-refractivity contribution in [2.75, 3.05) is 26.2 Å². The largest absolute Gasteiger partial charge is 0.467 e. The molecule has 7 heteroatoms. The number of aromatic nitrogens is 1. The number of ether oxygens (including phenoxy) is 1. The fourth-order valence-corrected chi connectivity index (χ4v) is 4.90. The van der Waals surface area contributed by atoms with E-state index in [1.54, 1.807) is 29.7 Å². The molecule has 0 spiro atoms. The molecule has 0 radical (unpaired) electrons. The Balaban J connectivity index is 1.18. The lowest BCUT2D eigenvalue weighted by atomic mass is 9.98. The van der Waals surface area contributed by atoms with E-state index in [1.807, 2.05) is 16.3 Å². The Morgan fingerprint density at radius 2 is 1.90 bits per heavy atom. The first-order valence-corrected chi connectivity index (χ1v) is 11.4. The molecule has 2 saturated heterocycles. The lowest BCUT2D eigenvalue weighted by Crippen LogP contribution is -2.50. The van der Waals surface area contributed by atoms with Crippen LogP contribution in [0.15, 0.2) is 35.8 Å². The van der Waals surface area contributed by atoms with Gasteiger partial charge in [-0.2, -0.15) is 0 Å². The van der Waals surface area contributed by atoms with Crippen LogP contribution in [0.4, 0.5) is 4.39 Å². The SMILES string of the molecule is O=C(CCc1ccccc1F)N1CCC(N2CCC(Oc3nccs3)CC2)CC1. The fourth-order valence-electron chi connectivity index (χ4n) is 4.35. The van der Waals surface area contributed by atoms with Gasteiger partial charge < -0.3 is 9.64 Å². The molecule has 29 heavy (non-hydrogen) atoms. The van der Waals surface area contributed by atoms with Gasteiger partial charge in [-0.15, -0.1) is 0 Å². The third kappa shape index (κ3) is 5.34. The number of halogens is 1. The molecule has 1 aromatic heterocycles. The van der Waals surface area contributed by atoms with Gasteiger partial charge in [-0.1, -0.05) is 29.5 Å². The van der Waals surface area contributed by atoms with Crippen LogP contribution in [0.2, 0.25) is 0 Å². The van der Waals surface area contributed by atoms with Crippen molar-refractivity contribution in [1.82, 2.24) is 14.8 Å². The second-order valence-electron chi connectivity index (χ2n) is 7.85. The summed E-state index contributed by atoms with van der Waals surface area (Å²) in [5.41, 5.74) is 0.624. The van der Waals surface area contributed by atoms with E-state index in [1.165, 1.54) is 6.07 Å². The molecule has 0 bridgehead atoms. The van der Waals surface area contributed by atoms with Crippen LogP contribution >= 0.6 is 11.3 Å². The predicted molar refractivity (Wildman–Crippen MR) is 112 cm³/mol. The maximum atomic E-state index is 13.7. The minimum atomic E-state index is -0.221. The number of hydrogen-bond acceptors (Lipinski definition) is 5. The Hall–Kier alpha value is -1.99. The first-order chi connectivity index (χ1) is 14.2. The summed E-state index contributed by atoms with van der Waals surface area (Å²) in [4.78, 5) is 21.2. The number of amides is 1. The van der Waals surface area contributed by atoms with Gasteiger partial charge in [0.2, 0.25) is 5.91 Å². The van der Waals surface area contributed by atoms with E-state index < -0.39 is 0 Å². The average molecular weight is 418 g/mol. The van der Waals surface area contributed by atoms with Crippen LogP contribution in [0.5, 0.6) is 5.19 Å². The topological polar surface area (TPSA) is 45.7 Å². The van der Waals surface area contributed by atoms with Gasteiger partial charge in [0.05, 0.1) is 0 Å². The smallest absolute Gasteiger partial charge is 0.273 e. The van der Waals surface area contributed by atoms with Crippen molar-refractivity contribution in [3.63, 3.8) is 0 Å². The number of hydrogen-bond donors (Lipinski definition) is 0. The number of likely N-dealkylation sites (tertiary alicyclic amines) is 2. The second kappa shape index (κ2) is 9.67. The Morgan fingerprint density at radius 3 is 2.59 bits per heavy atom. The van der Waals surface area contributed by atoms with Gasteiger partial charge in [-0.3, -0.25) is 9.69 Å². The number of carbonyl (C=O) groups excluding carboxylic acids is 1. The van der Waals surface area contributed by atoms with E-state index >= 15 is 0 Å². The summed E-state index contributed by atoms with van der Waals surface area (Å²) >= 11 is 1.55. The second-order valence-corrected chi connectivity index (χ2v) is 8.71. The Labute approximate surface area is 175 Å². The Bertz CT molecular complexity index is 785. The predicted octanol–water partition coefficient (Wildman–Crippen LogP) is 3.75. The van der Waals surface area contributed by atoms with E-state index in [0.29, 0.717) is 24.4 Å². The highest BCUT2D eigenvalue weighted by Crippen LogP contribution is 2.25. The highest BCUT2D eigenvalue weighted by Gasteiger charge is 2.30. The van der Waals surface area contributed by atoms with E-state index in [0.717, 1.165) is 57.1 Å². The van der Waals surface area contributed by atoms with Crippen molar-refractivity contribution in [3.8, 4) is 5.19 Å². The zero-order valence-electron chi connectivity index (χ0n) is 16.6.